The van der Waals surface area contributed by atoms with Gasteiger partial charge in [0.25, 0.3) is 0 Å². The van der Waals surface area contributed by atoms with Crippen molar-refractivity contribution in [1.29, 1.82) is 0 Å². The van der Waals surface area contributed by atoms with Crippen LogP contribution in [0.5, 0.6) is 0 Å². The molecule has 0 aliphatic rings. The summed E-state index contributed by atoms with van der Waals surface area (Å²) in [7, 11) is 0. The van der Waals surface area contributed by atoms with E-state index in [0.717, 1.165) is 0 Å². The first-order valence-electron chi connectivity index (χ1n) is 8.25. The van der Waals surface area contributed by atoms with Crippen LogP contribution in [-0.4, -0.2) is 36.7 Å². The van der Waals surface area contributed by atoms with Gasteiger partial charge in [-0.05, 0) is 0 Å². The van der Waals surface area contributed by atoms with E-state index >= 15 is 0 Å². The van der Waals surface area contributed by atoms with Crippen LogP contribution in [0.3, 0.4) is 0 Å². The number of thioether (sulfide) groups is 1. The van der Waals surface area contributed by atoms with Crippen LogP contribution in [0, 0.1) is 0 Å². The van der Waals surface area contributed by atoms with Crippen molar-refractivity contribution in [3.05, 3.63) is 0 Å². The summed E-state index contributed by atoms with van der Waals surface area (Å²) < 4.78 is -1.42. The Morgan fingerprint density at radius 1 is 0.737 bits per heavy atom. The molecule has 0 N–H and O–H groups in total. The van der Waals surface area contributed by atoms with Crippen molar-refractivity contribution in [2.75, 3.05) is 36.7 Å². The molecule has 0 aliphatic heterocycles. The minimum absolute atomic E-state index is 1.37. The average Bonchev–Trinajstić information content (AvgIpc) is 2.42. The fourth-order valence-corrected chi connectivity index (χ4v) is 13.3. The molecule has 0 bridgehead atoms. The van der Waals surface area contributed by atoms with Crippen LogP contribution in [0.4, 0.5) is 0 Å². The van der Waals surface area contributed by atoms with Crippen molar-refractivity contribution in [2.24, 2.45) is 0 Å². The van der Waals surface area contributed by atoms with E-state index in [-0.39, 0.29) is 0 Å². The van der Waals surface area contributed by atoms with Gasteiger partial charge in [-0.3, -0.25) is 0 Å². The SMILES string of the molecule is CCCCP(I)(CCCC)(CCCC)CCCSC. The van der Waals surface area contributed by atoms with Gasteiger partial charge in [-0.15, -0.1) is 0 Å². The zero-order valence-corrected chi connectivity index (χ0v) is 17.6. The number of rotatable bonds is 13. The zero-order chi connectivity index (χ0) is 14.6. The van der Waals surface area contributed by atoms with Crippen molar-refractivity contribution in [3.63, 3.8) is 0 Å². The van der Waals surface area contributed by atoms with Crippen LogP contribution >= 0.6 is 38.0 Å². The summed E-state index contributed by atoms with van der Waals surface area (Å²) in [4.78, 5) is 0. The second-order valence-corrected chi connectivity index (χ2v) is 20.7. The van der Waals surface area contributed by atoms with Crippen molar-refractivity contribution in [2.45, 2.75) is 65.7 Å². The van der Waals surface area contributed by atoms with E-state index in [1.165, 1.54) is 50.7 Å². The van der Waals surface area contributed by atoms with Crippen LogP contribution in [0.2, 0.25) is 0 Å². The molecule has 0 spiro atoms. The molecule has 0 rings (SSSR count). The molecule has 118 valence electrons. The molecule has 0 nitrogen and oxygen atoms in total. The molecular formula is C16H36IPS. The van der Waals surface area contributed by atoms with E-state index in [4.69, 9.17) is 0 Å². The number of hydrogen-bond donors (Lipinski definition) is 0. The molecule has 0 radical (unpaired) electrons. The van der Waals surface area contributed by atoms with Crippen molar-refractivity contribution in [1.82, 2.24) is 0 Å². The zero-order valence-electron chi connectivity index (χ0n) is 13.7. The van der Waals surface area contributed by atoms with Crippen molar-refractivity contribution < 1.29 is 0 Å². The summed E-state index contributed by atoms with van der Waals surface area (Å²) in [5, 5.41) is 0. The maximum atomic E-state index is 3.04. The Morgan fingerprint density at radius 2 is 1.11 bits per heavy atom. The fourth-order valence-electron chi connectivity index (χ4n) is 2.93. The van der Waals surface area contributed by atoms with Gasteiger partial charge in [-0.25, -0.2) is 0 Å². The predicted molar refractivity (Wildman–Crippen MR) is 108 cm³/mol. The summed E-state index contributed by atoms with van der Waals surface area (Å²) in [6.07, 6.45) is 18.5. The van der Waals surface area contributed by atoms with Gasteiger partial charge in [-0.2, -0.15) is 0 Å². The molecule has 0 aromatic rings. The Kier molecular flexibility index (Phi) is 12.0. The van der Waals surface area contributed by atoms with Gasteiger partial charge in [0, 0.05) is 0 Å². The van der Waals surface area contributed by atoms with Crippen molar-refractivity contribution in [3.8, 4) is 0 Å². The van der Waals surface area contributed by atoms with Gasteiger partial charge >= 0.3 is 140 Å². The Labute approximate surface area is 140 Å². The second kappa shape index (κ2) is 11.1. The van der Waals surface area contributed by atoms with E-state index < -0.39 is 4.25 Å². The second-order valence-electron chi connectivity index (χ2n) is 6.12. The Bertz CT molecular complexity index is 196. The molecule has 0 unspecified atom stereocenters. The van der Waals surface area contributed by atoms with Crippen LogP contribution < -0.4 is 0 Å². The van der Waals surface area contributed by atoms with E-state index in [1.807, 2.05) is 11.8 Å². The van der Waals surface area contributed by atoms with Crippen LogP contribution in [0.15, 0.2) is 0 Å². The Morgan fingerprint density at radius 3 is 1.42 bits per heavy atom. The summed E-state index contributed by atoms with van der Waals surface area (Å²) in [6.45, 7) is 7.08. The monoisotopic (exact) mass is 418 g/mol. The summed E-state index contributed by atoms with van der Waals surface area (Å²) in [5.74, 6) is 1.37. The quantitative estimate of drug-likeness (QED) is 0.176. The van der Waals surface area contributed by atoms with Crippen LogP contribution in [0.1, 0.15) is 65.7 Å². The predicted octanol–water partition coefficient (Wildman–Crippen LogP) is 7.04. The molecule has 0 heterocycles. The minimum atomic E-state index is -1.42. The summed E-state index contributed by atoms with van der Waals surface area (Å²) >= 11 is 5.07. The molecule has 19 heavy (non-hydrogen) atoms. The molecule has 0 aromatic heterocycles. The summed E-state index contributed by atoms with van der Waals surface area (Å²) in [6, 6.07) is 0. The van der Waals surface area contributed by atoms with E-state index in [1.54, 1.807) is 24.6 Å². The number of hydrogen-bond acceptors (Lipinski definition) is 1. The van der Waals surface area contributed by atoms with Gasteiger partial charge in [0.1, 0.15) is 0 Å². The number of unbranched alkanes of at least 4 members (excludes halogenated alkanes) is 3. The van der Waals surface area contributed by atoms with Gasteiger partial charge in [0.15, 0.2) is 0 Å². The standard InChI is InChI=1S/C16H36IPS/c1-5-8-12-18(17,13-9-6-2,14-10-7-3)15-11-16-19-4/h5-16H2,1-4H3. The first-order chi connectivity index (χ1) is 9.04. The molecule has 0 aromatic carbocycles. The molecule has 0 amide bonds. The fraction of sp³-hybridized carbons (Fsp3) is 1.00. The topological polar surface area (TPSA) is 0 Å². The van der Waals surface area contributed by atoms with E-state index in [0.29, 0.717) is 0 Å². The van der Waals surface area contributed by atoms with Gasteiger partial charge < -0.3 is 0 Å². The Balaban J connectivity index is 4.81. The normalized spacial score (nSPS) is 14.3. The Hall–Kier alpha value is 1.51. The molecule has 0 saturated carbocycles. The molecule has 0 fully saturated rings. The van der Waals surface area contributed by atoms with E-state index in [9.17, 15) is 0 Å². The molecule has 3 heteroatoms. The molecule has 0 aliphatic carbocycles. The van der Waals surface area contributed by atoms with Crippen LogP contribution in [0.25, 0.3) is 0 Å². The first-order valence-corrected chi connectivity index (χ1v) is 15.4. The molecule has 0 saturated heterocycles. The molecule has 0 atom stereocenters. The third kappa shape index (κ3) is 8.51. The average molecular weight is 418 g/mol. The molecular weight excluding hydrogens is 382 g/mol. The van der Waals surface area contributed by atoms with Gasteiger partial charge in [0.05, 0.1) is 0 Å². The van der Waals surface area contributed by atoms with Crippen LogP contribution in [-0.2, 0) is 0 Å². The third-order valence-corrected chi connectivity index (χ3v) is 16.5. The van der Waals surface area contributed by atoms with Crippen molar-refractivity contribution >= 4 is 38.0 Å². The van der Waals surface area contributed by atoms with Gasteiger partial charge in [-0.1, -0.05) is 0 Å². The first kappa shape index (κ1) is 20.5. The van der Waals surface area contributed by atoms with Gasteiger partial charge in [0.2, 0.25) is 0 Å². The summed E-state index contributed by atoms with van der Waals surface area (Å²) in [5.41, 5.74) is 0. The maximum absolute atomic E-state index is 3.04. The third-order valence-electron chi connectivity index (χ3n) is 4.28. The van der Waals surface area contributed by atoms with E-state index in [2.05, 4.69) is 49.1 Å². The number of halogens is 1.